The summed E-state index contributed by atoms with van der Waals surface area (Å²) in [6, 6.07) is 22.4. The van der Waals surface area contributed by atoms with Crippen LogP contribution < -0.4 is 10.3 Å². The Kier molecular flexibility index (Phi) is 5.03. The minimum Gasteiger partial charge on any atom is -0.496 e. The van der Waals surface area contributed by atoms with Gasteiger partial charge >= 0.3 is 0 Å². The molecule has 31 heavy (non-hydrogen) atoms. The maximum absolute atomic E-state index is 13.3. The number of furan rings is 1. The predicted octanol–water partition coefficient (Wildman–Crippen LogP) is 5.31. The van der Waals surface area contributed by atoms with Gasteiger partial charge in [-0.15, -0.1) is 0 Å². The number of benzene rings is 3. The second-order valence-electron chi connectivity index (χ2n) is 6.86. The summed E-state index contributed by atoms with van der Waals surface area (Å²) in [5.41, 5.74) is 1.88. The molecular weight excluding hydrogens is 505 g/mol. The molecule has 0 aliphatic rings. The zero-order valence-electron chi connectivity index (χ0n) is 16.4. The van der Waals surface area contributed by atoms with Gasteiger partial charge in [-0.25, -0.2) is 4.98 Å². The van der Waals surface area contributed by atoms with Crippen LogP contribution >= 0.6 is 22.6 Å². The number of para-hydroxylation sites is 2. The summed E-state index contributed by atoms with van der Waals surface area (Å²) in [5, 5.41) is 5.90. The molecule has 2 heterocycles. The molecule has 7 heteroatoms. The molecule has 0 saturated heterocycles. The molecule has 5 aromatic rings. The van der Waals surface area contributed by atoms with E-state index in [2.05, 4.69) is 27.7 Å². The van der Waals surface area contributed by atoms with Crippen LogP contribution in [0.25, 0.3) is 33.5 Å². The highest BCUT2D eigenvalue weighted by atomic mass is 127. The lowest BCUT2D eigenvalue weighted by molar-refractivity contribution is 0.412. The van der Waals surface area contributed by atoms with E-state index in [1.165, 1.54) is 4.68 Å². The van der Waals surface area contributed by atoms with E-state index in [9.17, 15) is 4.79 Å². The van der Waals surface area contributed by atoms with Crippen LogP contribution in [0, 0.1) is 3.57 Å². The third-order valence-corrected chi connectivity index (χ3v) is 5.74. The minimum absolute atomic E-state index is 0.263. The maximum Gasteiger partial charge on any atom is 0.282 e. The van der Waals surface area contributed by atoms with Crippen molar-refractivity contribution in [1.29, 1.82) is 0 Å². The quantitative estimate of drug-likeness (QED) is 0.238. The van der Waals surface area contributed by atoms with E-state index < -0.39 is 0 Å². The fourth-order valence-corrected chi connectivity index (χ4v) is 4.13. The lowest BCUT2D eigenvalue weighted by atomic mass is 10.2. The van der Waals surface area contributed by atoms with E-state index in [-0.39, 0.29) is 5.56 Å². The summed E-state index contributed by atoms with van der Waals surface area (Å²) in [6.45, 7) is 0. The summed E-state index contributed by atoms with van der Waals surface area (Å²) in [6.07, 6.45) is 1.63. The summed E-state index contributed by atoms with van der Waals surface area (Å²) < 4.78 is 13.5. The van der Waals surface area contributed by atoms with Crippen LogP contribution in [0.15, 0.2) is 87.1 Å². The smallest absolute Gasteiger partial charge is 0.282 e. The van der Waals surface area contributed by atoms with Crippen LogP contribution in [0.2, 0.25) is 0 Å². The van der Waals surface area contributed by atoms with Gasteiger partial charge in [0.2, 0.25) is 5.82 Å². The second-order valence-corrected chi connectivity index (χ2v) is 8.02. The van der Waals surface area contributed by atoms with Crippen LogP contribution in [-0.4, -0.2) is 23.0 Å². The third kappa shape index (κ3) is 3.61. The van der Waals surface area contributed by atoms with Crippen molar-refractivity contribution in [2.75, 3.05) is 7.11 Å². The molecule has 6 nitrogen and oxygen atoms in total. The zero-order valence-corrected chi connectivity index (χ0v) is 18.6. The number of methoxy groups -OCH3 is 1. The Hall–Kier alpha value is -3.46. The van der Waals surface area contributed by atoms with E-state index in [1.807, 2.05) is 66.7 Å². The zero-order chi connectivity index (χ0) is 21.4. The molecule has 0 radical (unpaired) electrons. The fourth-order valence-electron chi connectivity index (χ4n) is 3.37. The number of nitrogens with zero attached hydrogens (tertiary/aromatic N) is 3. The van der Waals surface area contributed by atoms with Gasteiger partial charge in [0.05, 0.1) is 27.8 Å². The van der Waals surface area contributed by atoms with Gasteiger partial charge in [-0.3, -0.25) is 4.79 Å². The number of halogens is 1. The molecule has 0 spiro atoms. The number of aromatic nitrogens is 2. The van der Waals surface area contributed by atoms with Crippen LogP contribution in [0.3, 0.4) is 0 Å². The lowest BCUT2D eigenvalue weighted by Crippen LogP contribution is -2.20. The van der Waals surface area contributed by atoms with Gasteiger partial charge in [0.25, 0.3) is 5.56 Å². The van der Waals surface area contributed by atoms with Gasteiger partial charge in [0.1, 0.15) is 11.3 Å². The first kappa shape index (κ1) is 19.5. The highest BCUT2D eigenvalue weighted by molar-refractivity contribution is 14.1. The van der Waals surface area contributed by atoms with Crippen molar-refractivity contribution in [3.8, 4) is 17.3 Å². The summed E-state index contributed by atoms with van der Waals surface area (Å²) >= 11 is 2.20. The SMILES string of the molecule is COc1ccc(C=Nn2c(-c3cc4ccccc4o3)nc3ccccc3c2=O)cc1I. The minimum atomic E-state index is -0.263. The van der Waals surface area contributed by atoms with Gasteiger partial charge in [-0.05, 0) is 70.6 Å². The molecule has 0 saturated carbocycles. The van der Waals surface area contributed by atoms with Crippen molar-refractivity contribution >= 4 is 50.7 Å². The highest BCUT2D eigenvalue weighted by Gasteiger charge is 2.16. The number of fused-ring (bicyclic) bond motifs is 2. The van der Waals surface area contributed by atoms with Crippen molar-refractivity contribution in [3.05, 3.63) is 92.3 Å². The first-order valence-electron chi connectivity index (χ1n) is 9.53. The van der Waals surface area contributed by atoms with E-state index in [0.29, 0.717) is 22.5 Å². The second kappa shape index (κ2) is 7.99. The largest absolute Gasteiger partial charge is 0.496 e. The average Bonchev–Trinajstić information content (AvgIpc) is 3.22. The lowest BCUT2D eigenvalue weighted by Gasteiger charge is -2.07. The van der Waals surface area contributed by atoms with Gasteiger partial charge in [-0.1, -0.05) is 30.3 Å². The molecule has 152 valence electrons. The third-order valence-electron chi connectivity index (χ3n) is 4.90. The number of rotatable bonds is 4. The van der Waals surface area contributed by atoms with Crippen molar-refractivity contribution < 1.29 is 9.15 Å². The van der Waals surface area contributed by atoms with E-state index in [4.69, 9.17) is 14.1 Å². The molecular formula is C24H16IN3O3. The molecule has 0 atom stereocenters. The molecule has 0 amide bonds. The number of hydrogen-bond donors (Lipinski definition) is 0. The topological polar surface area (TPSA) is 69.6 Å². The van der Waals surface area contributed by atoms with Crippen LogP contribution in [0.5, 0.6) is 5.75 Å². The normalized spacial score (nSPS) is 11.5. The number of ether oxygens (including phenoxy) is 1. The first-order chi connectivity index (χ1) is 15.1. The number of hydrogen-bond acceptors (Lipinski definition) is 5. The fraction of sp³-hybridized carbons (Fsp3) is 0.0417. The van der Waals surface area contributed by atoms with Crippen molar-refractivity contribution in [3.63, 3.8) is 0 Å². The molecule has 0 bridgehead atoms. The van der Waals surface area contributed by atoms with Crippen LogP contribution in [0.1, 0.15) is 5.56 Å². The van der Waals surface area contributed by atoms with Crippen molar-refractivity contribution in [1.82, 2.24) is 9.66 Å². The monoisotopic (exact) mass is 521 g/mol. The Morgan fingerprint density at radius 1 is 1.06 bits per heavy atom. The Bertz CT molecular complexity index is 1490. The molecule has 0 unspecified atom stereocenters. The summed E-state index contributed by atoms with van der Waals surface area (Å²) in [7, 11) is 1.63. The van der Waals surface area contributed by atoms with E-state index in [1.54, 1.807) is 19.4 Å². The first-order valence-corrected chi connectivity index (χ1v) is 10.6. The Labute approximate surface area is 190 Å². The van der Waals surface area contributed by atoms with Gasteiger partial charge in [0.15, 0.2) is 5.76 Å². The molecule has 0 aliphatic carbocycles. The standard InChI is InChI=1S/C24H16IN3O3/c1-30-21-11-10-15(12-18(21)25)14-26-28-23(22-13-16-6-2-5-9-20(16)31-22)27-19-8-4-3-7-17(19)24(28)29/h2-14H,1H3. The average molecular weight is 521 g/mol. The van der Waals surface area contributed by atoms with Gasteiger partial charge < -0.3 is 9.15 Å². The predicted molar refractivity (Wildman–Crippen MR) is 130 cm³/mol. The maximum atomic E-state index is 13.3. The van der Waals surface area contributed by atoms with Crippen LogP contribution in [0.4, 0.5) is 0 Å². The van der Waals surface area contributed by atoms with Gasteiger partial charge in [-0.2, -0.15) is 9.78 Å². The van der Waals surface area contributed by atoms with Crippen molar-refractivity contribution in [2.24, 2.45) is 5.10 Å². The Balaban J connectivity index is 1.70. The Morgan fingerprint density at radius 3 is 2.68 bits per heavy atom. The van der Waals surface area contributed by atoms with Gasteiger partial charge in [0, 0.05) is 5.39 Å². The molecule has 5 rings (SSSR count). The summed E-state index contributed by atoms with van der Waals surface area (Å²) in [4.78, 5) is 18.0. The van der Waals surface area contributed by atoms with E-state index >= 15 is 0 Å². The Morgan fingerprint density at radius 2 is 1.87 bits per heavy atom. The summed E-state index contributed by atoms with van der Waals surface area (Å²) in [5.74, 6) is 1.61. The molecule has 0 N–H and O–H groups in total. The molecule has 0 fully saturated rings. The van der Waals surface area contributed by atoms with Crippen LogP contribution in [-0.2, 0) is 0 Å². The molecule has 2 aromatic heterocycles. The van der Waals surface area contributed by atoms with E-state index in [0.717, 1.165) is 25.9 Å². The highest BCUT2D eigenvalue weighted by Crippen LogP contribution is 2.27. The molecule has 3 aromatic carbocycles. The molecule has 0 aliphatic heterocycles. The van der Waals surface area contributed by atoms with Crippen molar-refractivity contribution in [2.45, 2.75) is 0 Å².